The highest BCUT2D eigenvalue weighted by Crippen LogP contribution is 2.07. The van der Waals surface area contributed by atoms with E-state index in [1.54, 1.807) is 11.8 Å². The first-order chi connectivity index (χ1) is 14.6. The highest BCUT2D eigenvalue weighted by atomic mass is 32.2. The van der Waals surface area contributed by atoms with E-state index in [0.717, 1.165) is 0 Å². The fourth-order valence-corrected chi connectivity index (χ4v) is 3.23. The minimum Gasteiger partial charge on any atom is -0.480 e. The van der Waals surface area contributed by atoms with Crippen molar-refractivity contribution in [3.05, 3.63) is 18.2 Å². The van der Waals surface area contributed by atoms with Gasteiger partial charge in [-0.05, 0) is 30.8 Å². The predicted molar refractivity (Wildman–Crippen MR) is 117 cm³/mol. The second-order valence-electron chi connectivity index (χ2n) is 7.53. The lowest BCUT2D eigenvalue weighted by Crippen LogP contribution is -2.57. The number of carbonyl (C=O) groups is 4. The van der Waals surface area contributed by atoms with Crippen LogP contribution in [0.25, 0.3) is 0 Å². The van der Waals surface area contributed by atoms with Gasteiger partial charge in [-0.15, -0.1) is 0 Å². The van der Waals surface area contributed by atoms with Crippen molar-refractivity contribution < 1.29 is 24.3 Å². The van der Waals surface area contributed by atoms with Gasteiger partial charge >= 0.3 is 5.97 Å². The molecule has 0 aromatic carbocycles. The zero-order valence-electron chi connectivity index (χ0n) is 18.0. The monoisotopic (exact) mass is 456 g/mol. The molecule has 0 aliphatic heterocycles. The number of imidazole rings is 1. The second-order valence-corrected chi connectivity index (χ2v) is 8.52. The second kappa shape index (κ2) is 13.7. The number of carboxylic acid groups (broad SMARTS) is 1. The van der Waals surface area contributed by atoms with Gasteiger partial charge in [0.1, 0.15) is 18.6 Å². The average Bonchev–Trinajstić information content (AvgIpc) is 3.21. The third kappa shape index (κ3) is 10.3. The maximum Gasteiger partial charge on any atom is 0.322 e. The number of aliphatic carboxylic acids is 1. The van der Waals surface area contributed by atoms with Crippen LogP contribution < -0.4 is 21.7 Å². The van der Waals surface area contributed by atoms with Crippen LogP contribution in [0.2, 0.25) is 0 Å². The average molecular weight is 457 g/mol. The van der Waals surface area contributed by atoms with Gasteiger partial charge in [0.05, 0.1) is 12.4 Å². The van der Waals surface area contributed by atoms with Crippen molar-refractivity contribution in [3.8, 4) is 0 Å². The van der Waals surface area contributed by atoms with E-state index in [1.165, 1.54) is 12.5 Å². The van der Waals surface area contributed by atoms with Gasteiger partial charge in [-0.25, -0.2) is 4.98 Å². The van der Waals surface area contributed by atoms with Crippen LogP contribution in [0.4, 0.5) is 0 Å². The highest BCUT2D eigenvalue weighted by molar-refractivity contribution is 7.98. The smallest absolute Gasteiger partial charge is 0.322 e. The van der Waals surface area contributed by atoms with Gasteiger partial charge in [0.2, 0.25) is 17.7 Å². The number of hydrogen-bond donors (Lipinski definition) is 6. The van der Waals surface area contributed by atoms with Gasteiger partial charge in [-0.1, -0.05) is 13.8 Å². The van der Waals surface area contributed by atoms with Gasteiger partial charge < -0.3 is 31.8 Å². The van der Waals surface area contributed by atoms with E-state index in [-0.39, 0.29) is 12.3 Å². The summed E-state index contributed by atoms with van der Waals surface area (Å²) in [5.74, 6) is -2.08. The van der Waals surface area contributed by atoms with Crippen LogP contribution in [-0.4, -0.2) is 75.4 Å². The number of nitrogens with two attached hydrogens (primary N) is 1. The molecule has 1 rings (SSSR count). The first-order valence-corrected chi connectivity index (χ1v) is 11.3. The van der Waals surface area contributed by atoms with Gasteiger partial charge in [0, 0.05) is 18.3 Å². The molecule has 0 aliphatic rings. The first kappa shape index (κ1) is 26.4. The Kier molecular flexibility index (Phi) is 11.6. The molecule has 3 atom stereocenters. The van der Waals surface area contributed by atoms with Crippen molar-refractivity contribution in [2.24, 2.45) is 11.7 Å². The Morgan fingerprint density at radius 1 is 1.16 bits per heavy atom. The van der Waals surface area contributed by atoms with E-state index in [1.807, 2.05) is 20.1 Å². The summed E-state index contributed by atoms with van der Waals surface area (Å²) in [7, 11) is 0. The number of amides is 3. The molecule has 3 unspecified atom stereocenters. The molecular weight excluding hydrogens is 424 g/mol. The third-order valence-corrected chi connectivity index (χ3v) is 4.98. The highest BCUT2D eigenvalue weighted by Gasteiger charge is 2.29. The summed E-state index contributed by atoms with van der Waals surface area (Å²) in [5.41, 5.74) is 6.53. The number of aromatic nitrogens is 2. The zero-order valence-corrected chi connectivity index (χ0v) is 18.8. The van der Waals surface area contributed by atoms with E-state index in [0.29, 0.717) is 24.3 Å². The summed E-state index contributed by atoms with van der Waals surface area (Å²) in [6.07, 6.45) is 5.78. The van der Waals surface area contributed by atoms with Crippen molar-refractivity contribution in [3.63, 3.8) is 0 Å². The summed E-state index contributed by atoms with van der Waals surface area (Å²) in [6, 6.07) is -2.71. The van der Waals surface area contributed by atoms with E-state index in [9.17, 15) is 19.2 Å². The Bertz CT molecular complexity index is 727. The molecule has 12 heteroatoms. The summed E-state index contributed by atoms with van der Waals surface area (Å²) in [4.78, 5) is 55.4. The summed E-state index contributed by atoms with van der Waals surface area (Å²) in [5, 5.41) is 16.3. The number of nitrogens with one attached hydrogen (secondary N) is 4. The Morgan fingerprint density at radius 2 is 1.84 bits per heavy atom. The minimum atomic E-state index is -1.19. The molecule has 7 N–H and O–H groups in total. The minimum absolute atomic E-state index is 0.0569. The lowest BCUT2D eigenvalue weighted by molar-refractivity contribution is -0.138. The SMILES string of the molecule is CSCCC(N)C(=O)NC(Cc1cnc[nH]1)C(=O)NC(CC(C)C)C(=O)NCC(=O)O. The molecule has 0 spiro atoms. The standard InChI is InChI=1S/C19H32N6O5S/c1-11(2)6-14(18(29)22-9-16(26)27)25-19(30)15(7-12-8-21-10-23-12)24-17(28)13(20)4-5-31-3/h8,10-11,13-15H,4-7,9,20H2,1-3H3,(H,21,23)(H,22,29)(H,24,28)(H,25,30)(H,26,27). The Morgan fingerprint density at radius 3 is 2.39 bits per heavy atom. The summed E-state index contributed by atoms with van der Waals surface area (Å²) < 4.78 is 0. The van der Waals surface area contributed by atoms with E-state index in [4.69, 9.17) is 10.8 Å². The van der Waals surface area contributed by atoms with Crippen molar-refractivity contribution >= 4 is 35.5 Å². The summed E-state index contributed by atoms with van der Waals surface area (Å²) in [6.45, 7) is 3.19. The van der Waals surface area contributed by atoms with Crippen LogP contribution in [0.15, 0.2) is 12.5 Å². The molecule has 174 valence electrons. The van der Waals surface area contributed by atoms with Gasteiger partial charge in [-0.3, -0.25) is 19.2 Å². The van der Waals surface area contributed by atoms with Crippen LogP contribution in [0.5, 0.6) is 0 Å². The topological polar surface area (TPSA) is 179 Å². The number of nitrogens with zero attached hydrogens (tertiary/aromatic N) is 1. The molecule has 1 aromatic rings. The molecule has 0 aliphatic carbocycles. The van der Waals surface area contributed by atoms with Crippen molar-refractivity contribution in [1.29, 1.82) is 0 Å². The quantitative estimate of drug-likeness (QED) is 0.211. The molecule has 0 bridgehead atoms. The van der Waals surface area contributed by atoms with Crippen LogP contribution in [0, 0.1) is 5.92 Å². The molecule has 1 aromatic heterocycles. The molecule has 0 fully saturated rings. The molecule has 31 heavy (non-hydrogen) atoms. The number of H-pyrrole nitrogens is 1. The first-order valence-electron chi connectivity index (χ1n) is 9.96. The van der Waals surface area contributed by atoms with E-state index in [2.05, 4.69) is 25.9 Å². The largest absolute Gasteiger partial charge is 0.480 e. The predicted octanol–water partition coefficient (Wildman–Crippen LogP) is -0.751. The number of rotatable bonds is 14. The molecule has 3 amide bonds. The van der Waals surface area contributed by atoms with E-state index >= 15 is 0 Å². The molecular formula is C19H32N6O5S. The number of carbonyl (C=O) groups excluding carboxylic acids is 3. The maximum atomic E-state index is 13.0. The number of aromatic amines is 1. The Labute approximate surface area is 185 Å². The molecule has 11 nitrogen and oxygen atoms in total. The number of carboxylic acids is 1. The van der Waals surface area contributed by atoms with Gasteiger partial charge in [-0.2, -0.15) is 11.8 Å². The Hall–Kier alpha value is -2.60. The Balaban J connectivity index is 2.92. The van der Waals surface area contributed by atoms with Gasteiger partial charge in [0.25, 0.3) is 0 Å². The van der Waals surface area contributed by atoms with Crippen molar-refractivity contribution in [2.75, 3.05) is 18.6 Å². The van der Waals surface area contributed by atoms with Crippen molar-refractivity contribution in [1.82, 2.24) is 25.9 Å². The molecule has 0 saturated heterocycles. The zero-order chi connectivity index (χ0) is 23.4. The fraction of sp³-hybridized carbons (Fsp3) is 0.632. The lowest BCUT2D eigenvalue weighted by atomic mass is 10.0. The third-order valence-electron chi connectivity index (χ3n) is 4.34. The molecule has 1 heterocycles. The molecule has 0 radical (unpaired) electrons. The molecule has 0 saturated carbocycles. The normalized spacial score (nSPS) is 13.8. The lowest BCUT2D eigenvalue weighted by Gasteiger charge is -2.24. The van der Waals surface area contributed by atoms with Crippen LogP contribution in [-0.2, 0) is 25.6 Å². The van der Waals surface area contributed by atoms with Gasteiger partial charge in [0.15, 0.2) is 0 Å². The van der Waals surface area contributed by atoms with Crippen LogP contribution in [0.1, 0.15) is 32.4 Å². The fourth-order valence-electron chi connectivity index (χ4n) is 2.74. The maximum absolute atomic E-state index is 13.0. The number of thioether (sulfide) groups is 1. The summed E-state index contributed by atoms with van der Waals surface area (Å²) >= 11 is 1.56. The number of hydrogen-bond acceptors (Lipinski definition) is 7. The van der Waals surface area contributed by atoms with Crippen LogP contribution >= 0.6 is 11.8 Å². The van der Waals surface area contributed by atoms with E-state index < -0.39 is 48.4 Å². The van der Waals surface area contributed by atoms with Crippen LogP contribution in [0.3, 0.4) is 0 Å². The van der Waals surface area contributed by atoms with Crippen molar-refractivity contribution in [2.45, 2.75) is 51.2 Å².